The highest BCUT2D eigenvalue weighted by Gasteiger charge is 2.27. The number of ether oxygens (including phenoxy) is 1. The van der Waals surface area contributed by atoms with Crippen LogP contribution in [0.15, 0.2) is 5.10 Å². The quantitative estimate of drug-likeness (QED) is 0.476. The zero-order chi connectivity index (χ0) is 19.5. The fourth-order valence-corrected chi connectivity index (χ4v) is 2.71. The Morgan fingerprint density at radius 1 is 1.27 bits per heavy atom. The number of hydrazone groups is 1. The molecule has 1 aliphatic rings. The molecule has 0 aliphatic carbocycles. The summed E-state index contributed by atoms with van der Waals surface area (Å²) in [6.07, 6.45) is -0.260. The predicted octanol–water partition coefficient (Wildman–Crippen LogP) is 1.22. The number of anilines is 1. The average molecular weight is 365 g/mol. The number of imidazole rings is 1. The Labute approximate surface area is 155 Å². The maximum atomic E-state index is 12.2. The third kappa shape index (κ3) is 4.80. The highest BCUT2D eigenvalue weighted by Crippen LogP contribution is 2.18. The third-order valence-electron chi connectivity index (χ3n) is 3.96. The molecule has 1 aliphatic heterocycles. The van der Waals surface area contributed by atoms with E-state index in [1.165, 1.54) is 0 Å². The van der Waals surface area contributed by atoms with E-state index in [0.717, 1.165) is 23.2 Å². The number of aromatic nitrogens is 2. The Morgan fingerprint density at radius 2 is 1.88 bits per heavy atom. The van der Waals surface area contributed by atoms with Crippen LogP contribution in [-0.4, -0.2) is 84.6 Å². The fraction of sp³-hybridized carbons (Fsp3) is 0.706. The van der Waals surface area contributed by atoms with Crippen LogP contribution >= 0.6 is 0 Å². The lowest BCUT2D eigenvalue weighted by Crippen LogP contribution is -2.50. The van der Waals surface area contributed by atoms with Gasteiger partial charge in [0.15, 0.2) is 5.84 Å². The second-order valence-corrected chi connectivity index (χ2v) is 7.54. The van der Waals surface area contributed by atoms with Crippen LogP contribution in [0.4, 0.5) is 10.7 Å². The number of nitrogens with one attached hydrogen (secondary N) is 2. The molecule has 0 bridgehead atoms. The van der Waals surface area contributed by atoms with Gasteiger partial charge in [-0.05, 0) is 27.7 Å². The SMILES string of the molecule is CN/N=C(\c1nc(N2CCN(C(=O)OC(C)(C)C)CC2)[nH]c1C)N(C)C. The van der Waals surface area contributed by atoms with E-state index < -0.39 is 5.60 Å². The first-order chi connectivity index (χ1) is 12.1. The summed E-state index contributed by atoms with van der Waals surface area (Å²) in [6.45, 7) is 10.2. The normalized spacial score (nSPS) is 15.9. The van der Waals surface area contributed by atoms with Gasteiger partial charge in [0.05, 0.1) is 0 Å². The van der Waals surface area contributed by atoms with Gasteiger partial charge in [-0.15, -0.1) is 0 Å². The van der Waals surface area contributed by atoms with Crippen LogP contribution < -0.4 is 10.3 Å². The molecular formula is C17H31N7O2. The summed E-state index contributed by atoms with van der Waals surface area (Å²) in [5.74, 6) is 1.56. The summed E-state index contributed by atoms with van der Waals surface area (Å²) in [5, 5.41) is 4.30. The summed E-state index contributed by atoms with van der Waals surface area (Å²) in [4.78, 5) is 26.1. The largest absolute Gasteiger partial charge is 0.444 e. The Bertz CT molecular complexity index is 653. The number of hydrogen-bond donors (Lipinski definition) is 2. The van der Waals surface area contributed by atoms with E-state index in [-0.39, 0.29) is 6.09 Å². The minimum Gasteiger partial charge on any atom is -0.444 e. The van der Waals surface area contributed by atoms with Crippen LogP contribution in [0.5, 0.6) is 0 Å². The molecule has 0 atom stereocenters. The van der Waals surface area contributed by atoms with E-state index in [9.17, 15) is 4.79 Å². The number of hydrogen-bond acceptors (Lipinski definition) is 6. The van der Waals surface area contributed by atoms with E-state index in [1.54, 1.807) is 11.9 Å². The number of piperazine rings is 1. The molecule has 146 valence electrons. The van der Waals surface area contributed by atoms with Gasteiger partial charge in [0, 0.05) is 53.0 Å². The van der Waals surface area contributed by atoms with Crippen molar-refractivity contribution in [3.8, 4) is 0 Å². The lowest BCUT2D eigenvalue weighted by molar-refractivity contribution is 0.0240. The van der Waals surface area contributed by atoms with Gasteiger partial charge in [0.1, 0.15) is 11.3 Å². The molecule has 9 heteroatoms. The Morgan fingerprint density at radius 3 is 2.38 bits per heavy atom. The number of aromatic amines is 1. The molecule has 0 aromatic carbocycles. The molecular weight excluding hydrogens is 334 g/mol. The maximum Gasteiger partial charge on any atom is 0.410 e. The van der Waals surface area contributed by atoms with E-state index in [1.807, 2.05) is 46.7 Å². The van der Waals surface area contributed by atoms with Crippen molar-refractivity contribution in [2.45, 2.75) is 33.3 Å². The number of amidine groups is 1. The average Bonchev–Trinajstić information content (AvgIpc) is 2.92. The van der Waals surface area contributed by atoms with Crippen molar-refractivity contribution in [3.05, 3.63) is 11.4 Å². The molecule has 0 radical (unpaired) electrons. The van der Waals surface area contributed by atoms with Crippen LogP contribution in [0.1, 0.15) is 32.2 Å². The van der Waals surface area contributed by atoms with Crippen molar-refractivity contribution in [3.63, 3.8) is 0 Å². The summed E-state index contributed by atoms with van der Waals surface area (Å²) in [7, 11) is 5.63. The number of rotatable bonds is 3. The molecule has 1 aromatic rings. The standard InChI is InChI=1S/C17H31N7O2/c1-12-13(14(21-18-5)22(6)7)20-15(19-12)23-8-10-24(11-9-23)16(25)26-17(2,3)4/h18H,8-11H2,1-7H3,(H,19,20)/b21-14+. The van der Waals surface area contributed by atoms with E-state index >= 15 is 0 Å². The van der Waals surface area contributed by atoms with Crippen LogP contribution in [0.25, 0.3) is 0 Å². The van der Waals surface area contributed by atoms with Crippen molar-refractivity contribution in [1.82, 2.24) is 25.2 Å². The molecule has 9 nitrogen and oxygen atoms in total. The zero-order valence-corrected chi connectivity index (χ0v) is 16.9. The maximum absolute atomic E-state index is 12.2. The highest BCUT2D eigenvalue weighted by molar-refractivity contribution is 5.98. The van der Waals surface area contributed by atoms with E-state index in [4.69, 9.17) is 9.72 Å². The summed E-state index contributed by atoms with van der Waals surface area (Å²) in [6, 6.07) is 0. The Kier molecular flexibility index (Phi) is 5.99. The Balaban J connectivity index is 2.05. The second kappa shape index (κ2) is 7.84. The monoisotopic (exact) mass is 365 g/mol. The topological polar surface area (TPSA) is 89.1 Å². The Hall–Kier alpha value is -2.45. The molecule has 2 heterocycles. The van der Waals surface area contributed by atoms with Gasteiger partial charge in [-0.25, -0.2) is 9.78 Å². The highest BCUT2D eigenvalue weighted by atomic mass is 16.6. The van der Waals surface area contributed by atoms with E-state index in [0.29, 0.717) is 26.2 Å². The third-order valence-corrected chi connectivity index (χ3v) is 3.96. The number of aryl methyl sites for hydroxylation is 1. The minimum absolute atomic E-state index is 0.260. The smallest absolute Gasteiger partial charge is 0.410 e. The van der Waals surface area contributed by atoms with Gasteiger partial charge in [-0.1, -0.05) is 0 Å². The number of H-pyrrole nitrogens is 1. The first-order valence-corrected chi connectivity index (χ1v) is 8.84. The lowest BCUT2D eigenvalue weighted by atomic mass is 10.2. The van der Waals surface area contributed by atoms with Crippen molar-refractivity contribution in [1.29, 1.82) is 0 Å². The fourth-order valence-electron chi connectivity index (χ4n) is 2.71. The van der Waals surface area contributed by atoms with E-state index in [2.05, 4.69) is 20.4 Å². The molecule has 2 rings (SSSR count). The van der Waals surface area contributed by atoms with Crippen molar-refractivity contribution in [2.75, 3.05) is 52.2 Å². The molecule has 1 fully saturated rings. The predicted molar refractivity (Wildman–Crippen MR) is 103 cm³/mol. The van der Waals surface area contributed by atoms with Gasteiger partial charge < -0.3 is 29.8 Å². The molecule has 1 aromatic heterocycles. The summed E-state index contributed by atoms with van der Waals surface area (Å²) >= 11 is 0. The molecule has 2 N–H and O–H groups in total. The molecule has 0 unspecified atom stereocenters. The summed E-state index contributed by atoms with van der Waals surface area (Å²) < 4.78 is 5.44. The number of nitrogens with zero attached hydrogens (tertiary/aromatic N) is 5. The van der Waals surface area contributed by atoms with Crippen LogP contribution in [-0.2, 0) is 4.74 Å². The van der Waals surface area contributed by atoms with Crippen molar-refractivity contribution >= 4 is 17.9 Å². The van der Waals surface area contributed by atoms with Gasteiger partial charge in [0.2, 0.25) is 5.95 Å². The van der Waals surface area contributed by atoms with Gasteiger partial charge in [-0.2, -0.15) is 5.10 Å². The van der Waals surface area contributed by atoms with Gasteiger partial charge in [-0.3, -0.25) is 0 Å². The number of carbonyl (C=O) groups is 1. The first-order valence-electron chi connectivity index (χ1n) is 8.84. The molecule has 1 amide bonds. The minimum atomic E-state index is -0.476. The summed E-state index contributed by atoms with van der Waals surface area (Å²) in [5.41, 5.74) is 4.12. The number of carbonyl (C=O) groups excluding carboxylic acids is 1. The number of amides is 1. The van der Waals surface area contributed by atoms with Crippen molar-refractivity contribution < 1.29 is 9.53 Å². The zero-order valence-electron chi connectivity index (χ0n) is 16.9. The van der Waals surface area contributed by atoms with Crippen molar-refractivity contribution in [2.24, 2.45) is 5.10 Å². The van der Waals surface area contributed by atoms with Crippen LogP contribution in [0.3, 0.4) is 0 Å². The van der Waals surface area contributed by atoms with Crippen LogP contribution in [0.2, 0.25) is 0 Å². The van der Waals surface area contributed by atoms with Gasteiger partial charge >= 0.3 is 6.09 Å². The molecule has 0 spiro atoms. The second-order valence-electron chi connectivity index (χ2n) is 7.54. The molecule has 26 heavy (non-hydrogen) atoms. The molecule has 1 saturated heterocycles. The first kappa shape index (κ1) is 19.9. The van der Waals surface area contributed by atoms with Gasteiger partial charge in [0.25, 0.3) is 0 Å². The molecule has 0 saturated carbocycles. The van der Waals surface area contributed by atoms with Crippen LogP contribution in [0, 0.1) is 6.92 Å². The lowest BCUT2D eigenvalue weighted by Gasteiger charge is -2.35.